The van der Waals surface area contributed by atoms with Crippen LogP contribution in [0, 0.1) is 12.7 Å². The van der Waals surface area contributed by atoms with E-state index in [2.05, 4.69) is 30.6 Å². The Labute approximate surface area is 178 Å². The molecule has 2 N–H and O–H groups in total. The van der Waals surface area contributed by atoms with Crippen LogP contribution >= 0.6 is 0 Å². The minimum atomic E-state index is -0.466. The highest BCUT2D eigenvalue weighted by Crippen LogP contribution is 2.24. The average Bonchev–Trinajstić information content (AvgIpc) is 2.80. The van der Waals surface area contributed by atoms with E-state index in [0.29, 0.717) is 24.3 Å². The van der Waals surface area contributed by atoms with E-state index in [-0.39, 0.29) is 16.9 Å². The van der Waals surface area contributed by atoms with Gasteiger partial charge in [0.2, 0.25) is 0 Å². The number of carbonyl (C=O) groups is 1. The zero-order valence-corrected chi connectivity index (χ0v) is 17.2. The fraction of sp³-hybridized carbons (Fsp3) is 0.174. The number of hydrogen-bond donors (Lipinski definition) is 2. The first kappa shape index (κ1) is 20.3. The quantitative estimate of drug-likeness (QED) is 0.499. The lowest BCUT2D eigenvalue weighted by atomic mass is 10.0. The summed E-state index contributed by atoms with van der Waals surface area (Å²) in [6.07, 6.45) is 5.36. The number of nitrogens with zero attached hydrogens (tertiary/aromatic N) is 4. The maximum atomic E-state index is 14.5. The molecule has 0 radical (unpaired) electrons. The van der Waals surface area contributed by atoms with Gasteiger partial charge < -0.3 is 10.6 Å². The third-order valence-corrected chi connectivity index (χ3v) is 4.96. The van der Waals surface area contributed by atoms with E-state index in [1.807, 2.05) is 25.1 Å². The lowest BCUT2D eigenvalue weighted by Crippen LogP contribution is -2.18. The molecule has 0 atom stereocenters. The number of hydrogen-bond acceptors (Lipinski definition) is 6. The topological polar surface area (TPSA) is 92.7 Å². The van der Waals surface area contributed by atoms with Gasteiger partial charge in [-0.3, -0.25) is 14.8 Å². The summed E-state index contributed by atoms with van der Waals surface area (Å²) in [6, 6.07) is 10.3. The maximum absolute atomic E-state index is 14.5. The van der Waals surface area contributed by atoms with Crippen molar-refractivity contribution >= 4 is 22.6 Å². The van der Waals surface area contributed by atoms with Gasteiger partial charge in [-0.05, 0) is 43.2 Å². The normalized spacial score (nSPS) is 10.8. The van der Waals surface area contributed by atoms with Crippen molar-refractivity contribution in [2.24, 2.45) is 0 Å². The van der Waals surface area contributed by atoms with Crippen molar-refractivity contribution in [3.8, 4) is 11.3 Å². The summed E-state index contributed by atoms with van der Waals surface area (Å²) in [6.45, 7) is 2.49. The van der Waals surface area contributed by atoms with Crippen molar-refractivity contribution in [3.63, 3.8) is 0 Å². The van der Waals surface area contributed by atoms with Gasteiger partial charge in [-0.1, -0.05) is 6.07 Å². The lowest BCUT2D eigenvalue weighted by molar-refractivity contribution is 0.0964. The second kappa shape index (κ2) is 8.83. The summed E-state index contributed by atoms with van der Waals surface area (Å²) in [5, 5.41) is 6.05. The fourth-order valence-corrected chi connectivity index (χ4v) is 3.45. The van der Waals surface area contributed by atoms with Crippen molar-refractivity contribution in [1.29, 1.82) is 0 Å². The van der Waals surface area contributed by atoms with Crippen LogP contribution in [-0.2, 0) is 6.42 Å². The van der Waals surface area contributed by atoms with E-state index in [1.165, 1.54) is 31.7 Å². The van der Waals surface area contributed by atoms with E-state index in [4.69, 9.17) is 0 Å². The molecular formula is C23H21FN6O. The first-order valence-corrected chi connectivity index (χ1v) is 9.84. The summed E-state index contributed by atoms with van der Waals surface area (Å²) in [5.74, 6) is -0.127. The van der Waals surface area contributed by atoms with Crippen LogP contribution < -0.4 is 10.6 Å². The minimum absolute atomic E-state index is 0.233. The number of pyridine rings is 2. The van der Waals surface area contributed by atoms with Gasteiger partial charge in [-0.25, -0.2) is 14.4 Å². The standard InChI is InChI=1S/C23H21FN6O/c1-14-11-16(6-8-26-14)19-12-20(30-13-29-19)27-9-5-15-3-4-18(24)21-17(23(31)25-2)7-10-28-22(15)21/h3-4,6-8,10-13H,5,9H2,1-2H3,(H,25,31)(H,27,29,30). The van der Waals surface area contributed by atoms with Gasteiger partial charge >= 0.3 is 0 Å². The third-order valence-electron chi connectivity index (χ3n) is 4.96. The van der Waals surface area contributed by atoms with E-state index in [1.54, 1.807) is 12.3 Å². The number of benzene rings is 1. The van der Waals surface area contributed by atoms with Gasteiger partial charge in [0.05, 0.1) is 16.8 Å². The molecule has 0 fully saturated rings. The van der Waals surface area contributed by atoms with Gasteiger partial charge in [-0.15, -0.1) is 0 Å². The number of aromatic nitrogens is 4. The summed E-state index contributed by atoms with van der Waals surface area (Å²) in [7, 11) is 1.52. The smallest absolute Gasteiger partial charge is 0.251 e. The molecular weight excluding hydrogens is 395 g/mol. The summed E-state index contributed by atoms with van der Waals surface area (Å²) < 4.78 is 14.5. The van der Waals surface area contributed by atoms with Crippen LogP contribution in [0.15, 0.2) is 55.1 Å². The van der Waals surface area contributed by atoms with Crippen molar-refractivity contribution in [1.82, 2.24) is 25.3 Å². The molecule has 1 aromatic carbocycles. The van der Waals surface area contributed by atoms with Crippen molar-refractivity contribution in [2.45, 2.75) is 13.3 Å². The first-order valence-electron chi connectivity index (χ1n) is 9.84. The van der Waals surface area contributed by atoms with Gasteiger partial charge in [0.1, 0.15) is 18.0 Å². The van der Waals surface area contributed by atoms with Crippen LogP contribution in [0.2, 0.25) is 0 Å². The zero-order chi connectivity index (χ0) is 21.8. The molecule has 31 heavy (non-hydrogen) atoms. The molecule has 0 aliphatic carbocycles. The van der Waals surface area contributed by atoms with E-state index in [9.17, 15) is 9.18 Å². The highest BCUT2D eigenvalue weighted by Gasteiger charge is 2.15. The zero-order valence-electron chi connectivity index (χ0n) is 17.2. The molecule has 4 aromatic rings. The number of halogens is 1. The minimum Gasteiger partial charge on any atom is -0.370 e. The monoisotopic (exact) mass is 416 g/mol. The highest BCUT2D eigenvalue weighted by atomic mass is 19.1. The maximum Gasteiger partial charge on any atom is 0.251 e. The molecule has 3 aromatic heterocycles. The van der Waals surface area contributed by atoms with Gasteiger partial charge in [0.15, 0.2) is 0 Å². The lowest BCUT2D eigenvalue weighted by Gasteiger charge is -2.11. The van der Waals surface area contributed by atoms with Crippen LogP contribution in [0.1, 0.15) is 21.6 Å². The molecule has 3 heterocycles. The molecule has 8 heteroatoms. The van der Waals surface area contributed by atoms with Crippen molar-refractivity contribution < 1.29 is 9.18 Å². The number of aryl methyl sites for hydroxylation is 1. The van der Waals surface area contributed by atoms with Crippen molar-refractivity contribution in [2.75, 3.05) is 18.9 Å². The van der Waals surface area contributed by atoms with Crippen LogP contribution in [-0.4, -0.2) is 39.4 Å². The Balaban J connectivity index is 1.54. The van der Waals surface area contributed by atoms with Gasteiger partial charge in [0, 0.05) is 48.7 Å². The number of nitrogens with one attached hydrogen (secondary N) is 2. The summed E-state index contributed by atoms with van der Waals surface area (Å²) in [5.41, 5.74) is 4.28. The van der Waals surface area contributed by atoms with Crippen LogP contribution in [0.3, 0.4) is 0 Å². The number of amides is 1. The molecule has 156 valence electrons. The Morgan fingerprint density at radius 1 is 1.03 bits per heavy atom. The van der Waals surface area contributed by atoms with Crippen molar-refractivity contribution in [3.05, 3.63) is 77.8 Å². The fourth-order valence-electron chi connectivity index (χ4n) is 3.45. The molecule has 0 bridgehead atoms. The molecule has 0 saturated carbocycles. The molecule has 1 amide bonds. The SMILES string of the molecule is CNC(=O)c1ccnc2c(CCNc3cc(-c4ccnc(C)c4)ncn3)ccc(F)c12. The predicted octanol–water partition coefficient (Wildman–Crippen LogP) is 3.55. The Kier molecular flexibility index (Phi) is 5.79. The molecule has 7 nitrogen and oxygen atoms in total. The summed E-state index contributed by atoms with van der Waals surface area (Å²) in [4.78, 5) is 29.3. The molecule has 0 aliphatic heterocycles. The van der Waals surface area contributed by atoms with Crippen LogP contribution in [0.5, 0.6) is 0 Å². The van der Waals surface area contributed by atoms with Crippen LogP contribution in [0.25, 0.3) is 22.2 Å². The second-order valence-corrected chi connectivity index (χ2v) is 7.02. The predicted molar refractivity (Wildman–Crippen MR) is 117 cm³/mol. The Morgan fingerprint density at radius 3 is 2.68 bits per heavy atom. The Morgan fingerprint density at radius 2 is 1.87 bits per heavy atom. The van der Waals surface area contributed by atoms with Gasteiger partial charge in [-0.2, -0.15) is 0 Å². The summed E-state index contributed by atoms with van der Waals surface area (Å²) >= 11 is 0. The molecule has 4 rings (SSSR count). The Bertz CT molecular complexity index is 1260. The first-order chi connectivity index (χ1) is 15.1. The van der Waals surface area contributed by atoms with E-state index < -0.39 is 5.82 Å². The van der Waals surface area contributed by atoms with Crippen LogP contribution in [0.4, 0.5) is 10.2 Å². The molecule has 0 saturated heterocycles. The van der Waals surface area contributed by atoms with E-state index in [0.717, 1.165) is 22.5 Å². The number of anilines is 1. The highest BCUT2D eigenvalue weighted by molar-refractivity contribution is 6.06. The second-order valence-electron chi connectivity index (χ2n) is 7.02. The number of carbonyl (C=O) groups excluding carboxylic acids is 1. The molecule has 0 unspecified atom stereocenters. The average molecular weight is 416 g/mol. The van der Waals surface area contributed by atoms with E-state index >= 15 is 0 Å². The molecule has 0 aliphatic rings. The Hall–Kier alpha value is -3.94. The third kappa shape index (κ3) is 4.32. The van der Waals surface area contributed by atoms with Gasteiger partial charge in [0.25, 0.3) is 5.91 Å². The number of fused-ring (bicyclic) bond motifs is 1. The largest absolute Gasteiger partial charge is 0.370 e. The number of rotatable bonds is 6. The molecule has 0 spiro atoms.